The number of hydrogen-bond donors (Lipinski definition) is 0. The zero-order chi connectivity index (χ0) is 11.7. The average Bonchev–Trinajstić information content (AvgIpc) is 2.29. The summed E-state index contributed by atoms with van der Waals surface area (Å²) in [5, 5.41) is 0. The highest BCUT2D eigenvalue weighted by Gasteiger charge is 2.19. The molecule has 0 saturated heterocycles. The molecule has 0 radical (unpaired) electrons. The summed E-state index contributed by atoms with van der Waals surface area (Å²) in [5.41, 5.74) is 4.22. The Morgan fingerprint density at radius 3 is 2.56 bits per heavy atom. The van der Waals surface area contributed by atoms with Crippen LogP contribution in [0.1, 0.15) is 32.3 Å². The molecule has 0 aliphatic carbocycles. The Kier molecular flexibility index (Phi) is 3.08. The fourth-order valence-electron chi connectivity index (χ4n) is 2.32. The molecule has 1 aromatic carbocycles. The molecule has 16 heavy (non-hydrogen) atoms. The highest BCUT2D eigenvalue weighted by Crippen LogP contribution is 2.34. The molecule has 0 bridgehead atoms. The van der Waals surface area contributed by atoms with Crippen molar-refractivity contribution in [2.24, 2.45) is 0 Å². The summed E-state index contributed by atoms with van der Waals surface area (Å²) in [6, 6.07) is 6.89. The molecule has 0 amide bonds. The van der Waals surface area contributed by atoms with Crippen molar-refractivity contribution in [3.63, 3.8) is 0 Å². The van der Waals surface area contributed by atoms with Crippen molar-refractivity contribution in [1.29, 1.82) is 0 Å². The maximum atomic E-state index is 2.47. The largest absolute Gasteiger partial charge is 0.371 e. The normalized spacial score (nSPS) is 15.6. The third kappa shape index (κ3) is 1.89. The Balaban J connectivity index is 2.44. The van der Waals surface area contributed by atoms with Gasteiger partial charge in [-0.05, 0) is 30.5 Å². The van der Waals surface area contributed by atoms with Gasteiger partial charge in [0, 0.05) is 26.7 Å². The number of benzene rings is 1. The lowest BCUT2D eigenvalue weighted by Gasteiger charge is -2.37. The molecule has 2 nitrogen and oxygen atoms in total. The number of anilines is 2. The summed E-state index contributed by atoms with van der Waals surface area (Å²) >= 11 is 0. The summed E-state index contributed by atoms with van der Waals surface area (Å²) in [4.78, 5) is 4.83. The molecule has 1 aliphatic heterocycles. The van der Waals surface area contributed by atoms with Crippen LogP contribution in [-0.2, 0) is 0 Å². The van der Waals surface area contributed by atoms with Crippen LogP contribution in [0.15, 0.2) is 18.2 Å². The van der Waals surface area contributed by atoms with Crippen molar-refractivity contribution in [1.82, 2.24) is 0 Å². The minimum absolute atomic E-state index is 0.608. The molecule has 0 unspecified atom stereocenters. The van der Waals surface area contributed by atoms with E-state index in [1.807, 2.05) is 0 Å². The van der Waals surface area contributed by atoms with E-state index in [1.54, 1.807) is 0 Å². The van der Waals surface area contributed by atoms with Crippen LogP contribution in [0.2, 0.25) is 0 Å². The van der Waals surface area contributed by atoms with Crippen molar-refractivity contribution < 1.29 is 0 Å². The van der Waals surface area contributed by atoms with Crippen LogP contribution in [0.25, 0.3) is 0 Å². The van der Waals surface area contributed by atoms with E-state index in [0.717, 1.165) is 19.6 Å². The van der Waals surface area contributed by atoms with Gasteiger partial charge in [-0.25, -0.2) is 0 Å². The molecule has 1 heterocycles. The molecule has 0 aromatic heterocycles. The first-order valence-electron chi connectivity index (χ1n) is 6.23. The Bertz CT molecular complexity index is 371. The van der Waals surface area contributed by atoms with E-state index in [4.69, 9.17) is 0 Å². The van der Waals surface area contributed by atoms with Gasteiger partial charge in [0.05, 0.1) is 11.4 Å². The predicted octanol–water partition coefficient (Wildman–Crippen LogP) is 3.09. The molecule has 0 spiro atoms. The second-order valence-corrected chi connectivity index (χ2v) is 4.90. The van der Waals surface area contributed by atoms with E-state index >= 15 is 0 Å². The van der Waals surface area contributed by atoms with E-state index in [9.17, 15) is 0 Å². The minimum Gasteiger partial charge on any atom is -0.371 e. The van der Waals surface area contributed by atoms with E-state index in [0.29, 0.717) is 5.92 Å². The van der Waals surface area contributed by atoms with Gasteiger partial charge >= 0.3 is 0 Å². The SMILES string of the molecule is CCN1CCN(C)c2ccc(C(C)C)cc21. The molecule has 0 saturated carbocycles. The van der Waals surface area contributed by atoms with E-state index < -0.39 is 0 Å². The van der Waals surface area contributed by atoms with Gasteiger partial charge in [0.1, 0.15) is 0 Å². The standard InChI is InChI=1S/C14H22N2/c1-5-16-9-8-15(4)13-7-6-12(11(2)3)10-14(13)16/h6-7,10-11H,5,8-9H2,1-4H3. The molecule has 88 valence electrons. The van der Waals surface area contributed by atoms with Crippen LogP contribution in [0.3, 0.4) is 0 Å². The lowest BCUT2D eigenvalue weighted by atomic mass is 10.0. The topological polar surface area (TPSA) is 6.48 Å². The number of nitrogens with zero attached hydrogens (tertiary/aromatic N) is 2. The molecular formula is C14H22N2. The molecular weight excluding hydrogens is 196 g/mol. The van der Waals surface area contributed by atoms with Crippen LogP contribution in [0, 0.1) is 0 Å². The van der Waals surface area contributed by atoms with Gasteiger partial charge in [0.2, 0.25) is 0 Å². The van der Waals surface area contributed by atoms with E-state index in [-0.39, 0.29) is 0 Å². The van der Waals surface area contributed by atoms with Crippen LogP contribution in [0.4, 0.5) is 11.4 Å². The van der Waals surface area contributed by atoms with Gasteiger partial charge in [-0.3, -0.25) is 0 Å². The van der Waals surface area contributed by atoms with Crippen LogP contribution in [0.5, 0.6) is 0 Å². The highest BCUT2D eigenvalue weighted by molar-refractivity contribution is 5.74. The Hall–Kier alpha value is -1.18. The van der Waals surface area contributed by atoms with Gasteiger partial charge in [-0.1, -0.05) is 19.9 Å². The fourth-order valence-corrected chi connectivity index (χ4v) is 2.32. The van der Waals surface area contributed by atoms with Crippen molar-refractivity contribution in [3.8, 4) is 0 Å². The second kappa shape index (κ2) is 4.36. The van der Waals surface area contributed by atoms with Gasteiger partial charge < -0.3 is 9.80 Å². The maximum absolute atomic E-state index is 2.47. The summed E-state index contributed by atoms with van der Waals surface area (Å²) in [7, 11) is 2.18. The number of likely N-dealkylation sites (N-methyl/N-ethyl adjacent to an activating group) is 2. The third-order valence-corrected chi connectivity index (χ3v) is 3.51. The Labute approximate surface area is 98.9 Å². The maximum Gasteiger partial charge on any atom is 0.0607 e. The van der Waals surface area contributed by atoms with Crippen molar-refractivity contribution in [2.45, 2.75) is 26.7 Å². The summed E-state index contributed by atoms with van der Waals surface area (Å²) < 4.78 is 0. The average molecular weight is 218 g/mol. The molecule has 0 fully saturated rings. The van der Waals surface area contributed by atoms with Crippen molar-refractivity contribution >= 4 is 11.4 Å². The quantitative estimate of drug-likeness (QED) is 0.752. The van der Waals surface area contributed by atoms with Gasteiger partial charge in [-0.2, -0.15) is 0 Å². The highest BCUT2D eigenvalue weighted by atomic mass is 15.2. The molecule has 1 aromatic rings. The first-order valence-corrected chi connectivity index (χ1v) is 6.23. The van der Waals surface area contributed by atoms with Crippen LogP contribution in [-0.4, -0.2) is 26.7 Å². The Morgan fingerprint density at radius 1 is 1.19 bits per heavy atom. The summed E-state index contributed by atoms with van der Waals surface area (Å²) in [6.45, 7) is 10.1. The fraction of sp³-hybridized carbons (Fsp3) is 0.571. The lowest BCUT2D eigenvalue weighted by Crippen LogP contribution is -2.39. The van der Waals surface area contributed by atoms with Crippen LogP contribution >= 0.6 is 0 Å². The number of hydrogen-bond acceptors (Lipinski definition) is 2. The van der Waals surface area contributed by atoms with Gasteiger partial charge in [0.15, 0.2) is 0 Å². The van der Waals surface area contributed by atoms with Crippen LogP contribution < -0.4 is 9.80 Å². The van der Waals surface area contributed by atoms with E-state index in [2.05, 4.69) is 55.8 Å². The molecule has 2 heteroatoms. The zero-order valence-corrected chi connectivity index (χ0v) is 10.8. The summed E-state index contributed by atoms with van der Waals surface area (Å²) in [6.07, 6.45) is 0. The molecule has 0 atom stereocenters. The van der Waals surface area contributed by atoms with Gasteiger partial charge in [0.25, 0.3) is 0 Å². The zero-order valence-electron chi connectivity index (χ0n) is 10.8. The smallest absolute Gasteiger partial charge is 0.0607 e. The Morgan fingerprint density at radius 2 is 1.94 bits per heavy atom. The minimum atomic E-state index is 0.608. The van der Waals surface area contributed by atoms with Crippen molar-refractivity contribution in [2.75, 3.05) is 36.5 Å². The molecule has 2 rings (SSSR count). The molecule has 1 aliphatic rings. The summed E-state index contributed by atoms with van der Waals surface area (Å²) in [5.74, 6) is 0.608. The molecule has 0 N–H and O–H groups in total. The first-order chi connectivity index (χ1) is 7.63. The van der Waals surface area contributed by atoms with Gasteiger partial charge in [-0.15, -0.1) is 0 Å². The van der Waals surface area contributed by atoms with E-state index in [1.165, 1.54) is 16.9 Å². The third-order valence-electron chi connectivity index (χ3n) is 3.51. The predicted molar refractivity (Wildman–Crippen MR) is 71.7 cm³/mol. The first kappa shape index (κ1) is 11.3. The lowest BCUT2D eigenvalue weighted by molar-refractivity contribution is 0.750. The monoisotopic (exact) mass is 218 g/mol. The second-order valence-electron chi connectivity index (χ2n) is 4.90. The number of rotatable bonds is 2. The van der Waals surface area contributed by atoms with Crippen molar-refractivity contribution in [3.05, 3.63) is 23.8 Å². The number of fused-ring (bicyclic) bond motifs is 1.